The average molecular weight is 357 g/mol. The Morgan fingerprint density at radius 2 is 1.52 bits per heavy atom. The molecular weight excluding hydrogens is 327 g/mol. The first-order valence-corrected chi connectivity index (χ1v) is 9.46. The normalized spacial score (nSPS) is 12.6. The molecule has 1 atom stereocenters. The van der Waals surface area contributed by atoms with Gasteiger partial charge in [0.15, 0.2) is 0 Å². The molecule has 0 aliphatic heterocycles. The number of hydrogen-bond donors (Lipinski definition) is 0. The van der Waals surface area contributed by atoms with E-state index in [1.54, 1.807) is 6.07 Å². The third-order valence-corrected chi connectivity index (χ3v) is 5.09. The molecule has 0 aromatic heterocycles. The minimum absolute atomic E-state index is 0.110. The van der Waals surface area contributed by atoms with E-state index < -0.39 is 0 Å². The maximum absolute atomic E-state index is 13.2. The van der Waals surface area contributed by atoms with Gasteiger partial charge in [0.25, 0.3) is 0 Å². The lowest BCUT2D eigenvalue weighted by molar-refractivity contribution is 0.555. The topological polar surface area (TPSA) is 0 Å². The van der Waals surface area contributed by atoms with Gasteiger partial charge in [-0.3, -0.25) is 0 Å². The van der Waals surface area contributed by atoms with Crippen molar-refractivity contribution in [2.45, 2.75) is 82.9 Å². The second-order valence-electron chi connectivity index (χ2n) is 6.09. The highest BCUT2D eigenvalue weighted by atomic mass is 79.9. The molecule has 1 rings (SSSR count). The predicted octanol–water partition coefficient (Wildman–Crippen LogP) is 7.49. The number of hydrogen-bond acceptors (Lipinski definition) is 0. The highest BCUT2D eigenvalue weighted by Crippen LogP contribution is 2.29. The Bertz CT molecular complexity index is 389. The van der Waals surface area contributed by atoms with Crippen molar-refractivity contribution >= 4 is 15.9 Å². The second kappa shape index (κ2) is 11.2. The molecule has 0 fully saturated rings. The Hall–Kier alpha value is -0.370. The standard InChI is InChI=1S/C19H30BrF/c1-3-4-5-6-7-8-9-10-11-12-18(20)17-13-14-19(21)16(2)15-17/h13-15,18H,3-12H2,1-2H3. The molecule has 0 radical (unpaired) electrons. The number of alkyl halides is 1. The van der Waals surface area contributed by atoms with Crippen LogP contribution in [0.5, 0.6) is 0 Å². The first-order chi connectivity index (χ1) is 10.1. The number of benzene rings is 1. The third kappa shape index (κ3) is 7.99. The van der Waals surface area contributed by atoms with Crippen LogP contribution in [0.3, 0.4) is 0 Å². The zero-order chi connectivity index (χ0) is 15.5. The summed E-state index contributed by atoms with van der Waals surface area (Å²) < 4.78 is 13.2. The third-order valence-electron chi connectivity index (χ3n) is 4.10. The summed E-state index contributed by atoms with van der Waals surface area (Å²) in [5.41, 5.74) is 1.94. The van der Waals surface area contributed by atoms with E-state index >= 15 is 0 Å². The molecular formula is C19H30BrF. The molecule has 0 spiro atoms. The van der Waals surface area contributed by atoms with Gasteiger partial charge in [-0.2, -0.15) is 0 Å². The van der Waals surface area contributed by atoms with Crippen LogP contribution in [0.1, 0.15) is 87.1 Å². The number of rotatable bonds is 11. The molecule has 0 nitrogen and oxygen atoms in total. The van der Waals surface area contributed by atoms with Crippen LogP contribution in [0.2, 0.25) is 0 Å². The van der Waals surface area contributed by atoms with Gasteiger partial charge in [-0.25, -0.2) is 4.39 Å². The molecule has 0 aliphatic rings. The second-order valence-corrected chi connectivity index (χ2v) is 7.20. The van der Waals surface area contributed by atoms with E-state index in [-0.39, 0.29) is 5.82 Å². The first-order valence-electron chi connectivity index (χ1n) is 8.55. The lowest BCUT2D eigenvalue weighted by Gasteiger charge is -2.11. The van der Waals surface area contributed by atoms with Crippen molar-refractivity contribution in [1.29, 1.82) is 0 Å². The van der Waals surface area contributed by atoms with Crippen LogP contribution in [0.25, 0.3) is 0 Å². The van der Waals surface area contributed by atoms with Gasteiger partial charge >= 0.3 is 0 Å². The van der Waals surface area contributed by atoms with Crippen molar-refractivity contribution in [2.75, 3.05) is 0 Å². The Labute approximate surface area is 138 Å². The highest BCUT2D eigenvalue weighted by molar-refractivity contribution is 9.09. The van der Waals surface area contributed by atoms with Crippen molar-refractivity contribution in [2.24, 2.45) is 0 Å². The Morgan fingerprint density at radius 1 is 0.952 bits per heavy atom. The molecule has 120 valence electrons. The van der Waals surface area contributed by atoms with Gasteiger partial charge in [-0.15, -0.1) is 0 Å². The fraction of sp³-hybridized carbons (Fsp3) is 0.684. The fourth-order valence-corrected chi connectivity index (χ4v) is 3.27. The maximum atomic E-state index is 13.2. The summed E-state index contributed by atoms with van der Waals surface area (Å²) in [5.74, 6) is -0.110. The molecule has 0 heterocycles. The summed E-state index contributed by atoms with van der Waals surface area (Å²) in [5, 5.41) is 0. The molecule has 21 heavy (non-hydrogen) atoms. The SMILES string of the molecule is CCCCCCCCCCCC(Br)c1ccc(F)c(C)c1. The van der Waals surface area contributed by atoms with Gasteiger partial charge in [-0.05, 0) is 30.5 Å². The average Bonchev–Trinajstić information content (AvgIpc) is 2.48. The van der Waals surface area contributed by atoms with Gasteiger partial charge in [-0.1, -0.05) is 92.8 Å². The van der Waals surface area contributed by atoms with Crippen LogP contribution < -0.4 is 0 Å². The summed E-state index contributed by atoms with van der Waals surface area (Å²) in [7, 11) is 0. The molecule has 0 aliphatic carbocycles. The van der Waals surface area contributed by atoms with Crippen molar-refractivity contribution in [1.82, 2.24) is 0 Å². The molecule has 1 aromatic carbocycles. The van der Waals surface area contributed by atoms with Crippen LogP contribution in [-0.2, 0) is 0 Å². The molecule has 1 unspecified atom stereocenters. The van der Waals surface area contributed by atoms with E-state index in [4.69, 9.17) is 0 Å². The zero-order valence-electron chi connectivity index (χ0n) is 13.6. The molecule has 0 N–H and O–H groups in total. The smallest absolute Gasteiger partial charge is 0.126 e. The molecule has 0 bridgehead atoms. The maximum Gasteiger partial charge on any atom is 0.126 e. The van der Waals surface area contributed by atoms with Gasteiger partial charge < -0.3 is 0 Å². The molecule has 0 saturated heterocycles. The van der Waals surface area contributed by atoms with Crippen molar-refractivity contribution in [3.05, 3.63) is 35.1 Å². The fourth-order valence-electron chi connectivity index (χ4n) is 2.66. The van der Waals surface area contributed by atoms with Crippen LogP contribution in [0, 0.1) is 12.7 Å². The Balaban J connectivity index is 2.08. The summed E-state index contributed by atoms with van der Waals surface area (Å²) in [6, 6.07) is 5.44. The molecule has 0 saturated carbocycles. The van der Waals surface area contributed by atoms with E-state index in [0.717, 1.165) is 12.0 Å². The predicted molar refractivity (Wildman–Crippen MR) is 94.6 cm³/mol. The van der Waals surface area contributed by atoms with E-state index in [9.17, 15) is 4.39 Å². The lowest BCUT2D eigenvalue weighted by Crippen LogP contribution is -1.93. The van der Waals surface area contributed by atoms with E-state index in [0.29, 0.717) is 4.83 Å². The number of aryl methyl sites for hydroxylation is 1. The summed E-state index contributed by atoms with van der Waals surface area (Å²) >= 11 is 3.73. The minimum atomic E-state index is -0.110. The van der Waals surface area contributed by atoms with Crippen LogP contribution in [-0.4, -0.2) is 0 Å². The van der Waals surface area contributed by atoms with Crippen molar-refractivity contribution in [3.63, 3.8) is 0 Å². The Kier molecular flexibility index (Phi) is 9.99. The molecule has 2 heteroatoms. The molecule has 0 amide bonds. The largest absolute Gasteiger partial charge is 0.207 e. The van der Waals surface area contributed by atoms with Gasteiger partial charge in [0.05, 0.1) is 0 Å². The summed E-state index contributed by atoms with van der Waals surface area (Å²) in [4.78, 5) is 0.362. The van der Waals surface area contributed by atoms with Crippen LogP contribution in [0.15, 0.2) is 18.2 Å². The van der Waals surface area contributed by atoms with Crippen molar-refractivity contribution in [3.8, 4) is 0 Å². The minimum Gasteiger partial charge on any atom is -0.207 e. The zero-order valence-corrected chi connectivity index (χ0v) is 15.2. The monoisotopic (exact) mass is 356 g/mol. The van der Waals surface area contributed by atoms with E-state index in [1.807, 2.05) is 19.1 Å². The van der Waals surface area contributed by atoms with Crippen LogP contribution in [0.4, 0.5) is 4.39 Å². The van der Waals surface area contributed by atoms with E-state index in [1.165, 1.54) is 63.4 Å². The quantitative estimate of drug-likeness (QED) is 0.284. The Morgan fingerprint density at radius 3 is 2.10 bits per heavy atom. The summed E-state index contributed by atoms with van der Waals surface area (Å²) in [6.45, 7) is 4.09. The van der Waals surface area contributed by atoms with Crippen LogP contribution >= 0.6 is 15.9 Å². The van der Waals surface area contributed by atoms with Crippen molar-refractivity contribution < 1.29 is 4.39 Å². The van der Waals surface area contributed by atoms with E-state index in [2.05, 4.69) is 22.9 Å². The summed E-state index contributed by atoms with van der Waals surface area (Å²) in [6.07, 6.45) is 13.4. The van der Waals surface area contributed by atoms with Gasteiger partial charge in [0, 0.05) is 4.83 Å². The lowest BCUT2D eigenvalue weighted by atomic mass is 10.0. The highest BCUT2D eigenvalue weighted by Gasteiger charge is 2.08. The molecule has 1 aromatic rings. The van der Waals surface area contributed by atoms with Gasteiger partial charge in [0.2, 0.25) is 0 Å². The first kappa shape index (κ1) is 18.7. The number of unbranched alkanes of at least 4 members (excludes halogenated alkanes) is 8. The number of halogens is 2. The van der Waals surface area contributed by atoms with Gasteiger partial charge in [0.1, 0.15) is 5.82 Å².